The van der Waals surface area contributed by atoms with E-state index in [4.69, 9.17) is 10.6 Å². The van der Waals surface area contributed by atoms with E-state index in [0.717, 1.165) is 19.4 Å². The van der Waals surface area contributed by atoms with Gasteiger partial charge in [-0.2, -0.15) is 0 Å². The van der Waals surface area contributed by atoms with E-state index in [9.17, 15) is 4.79 Å². The number of hydrazine groups is 1. The van der Waals surface area contributed by atoms with Crippen LogP contribution in [0.4, 0.5) is 5.69 Å². The van der Waals surface area contributed by atoms with Crippen LogP contribution in [0.5, 0.6) is 0 Å². The maximum Gasteiger partial charge on any atom is 0.255 e. The van der Waals surface area contributed by atoms with Crippen LogP contribution < -0.4 is 16.6 Å². The number of nitrogen functional groups attached to an aromatic ring is 1. The van der Waals surface area contributed by atoms with Crippen molar-refractivity contribution in [2.75, 3.05) is 12.0 Å². The van der Waals surface area contributed by atoms with Crippen molar-refractivity contribution in [3.05, 3.63) is 24.0 Å². The SMILES string of the molecule is CCOC1CC(NC(=O)c2cnccc2NN)C1. The van der Waals surface area contributed by atoms with Crippen molar-refractivity contribution in [1.29, 1.82) is 0 Å². The minimum absolute atomic E-state index is 0.156. The summed E-state index contributed by atoms with van der Waals surface area (Å²) in [5.41, 5.74) is 3.52. The lowest BCUT2D eigenvalue weighted by molar-refractivity contribution is -0.00862. The van der Waals surface area contributed by atoms with Gasteiger partial charge in [-0.05, 0) is 25.8 Å². The third kappa shape index (κ3) is 2.77. The predicted molar refractivity (Wildman–Crippen MR) is 67.9 cm³/mol. The predicted octanol–water partition coefficient (Wildman–Crippen LogP) is 0.665. The zero-order valence-electron chi connectivity index (χ0n) is 10.3. The Hall–Kier alpha value is -1.66. The summed E-state index contributed by atoms with van der Waals surface area (Å²) in [5.74, 6) is 5.19. The molecule has 0 radical (unpaired) electrons. The third-order valence-electron chi connectivity index (χ3n) is 3.05. The van der Waals surface area contributed by atoms with Crippen molar-refractivity contribution < 1.29 is 9.53 Å². The van der Waals surface area contributed by atoms with Crippen molar-refractivity contribution in [3.63, 3.8) is 0 Å². The van der Waals surface area contributed by atoms with Gasteiger partial charge in [0.25, 0.3) is 5.91 Å². The van der Waals surface area contributed by atoms with Crippen molar-refractivity contribution in [2.24, 2.45) is 5.84 Å². The number of carbonyl (C=O) groups excluding carboxylic acids is 1. The molecule has 1 fully saturated rings. The number of pyridine rings is 1. The first kappa shape index (κ1) is 12.8. The number of nitrogens with one attached hydrogen (secondary N) is 2. The van der Waals surface area contributed by atoms with Crippen LogP contribution in [0.25, 0.3) is 0 Å². The Kier molecular flexibility index (Phi) is 4.11. The van der Waals surface area contributed by atoms with E-state index in [2.05, 4.69) is 15.7 Å². The second-order valence-corrected chi connectivity index (χ2v) is 4.28. The average Bonchev–Trinajstić information content (AvgIpc) is 2.36. The van der Waals surface area contributed by atoms with Gasteiger partial charge < -0.3 is 15.5 Å². The molecule has 1 aromatic rings. The van der Waals surface area contributed by atoms with Gasteiger partial charge >= 0.3 is 0 Å². The first-order valence-electron chi connectivity index (χ1n) is 6.07. The number of ether oxygens (including phenoxy) is 1. The summed E-state index contributed by atoms with van der Waals surface area (Å²) in [4.78, 5) is 15.9. The van der Waals surface area contributed by atoms with Crippen LogP contribution in [0.2, 0.25) is 0 Å². The smallest absolute Gasteiger partial charge is 0.255 e. The molecule has 6 nitrogen and oxygen atoms in total. The number of nitrogens with two attached hydrogens (primary N) is 1. The van der Waals surface area contributed by atoms with Gasteiger partial charge in [0.15, 0.2) is 0 Å². The molecular weight excluding hydrogens is 232 g/mol. The van der Waals surface area contributed by atoms with Gasteiger partial charge in [-0.15, -0.1) is 0 Å². The van der Waals surface area contributed by atoms with E-state index in [1.54, 1.807) is 12.3 Å². The van der Waals surface area contributed by atoms with Gasteiger partial charge in [0.1, 0.15) is 0 Å². The highest BCUT2D eigenvalue weighted by Crippen LogP contribution is 2.24. The summed E-state index contributed by atoms with van der Waals surface area (Å²) in [7, 11) is 0. The van der Waals surface area contributed by atoms with Crippen molar-refractivity contribution in [3.8, 4) is 0 Å². The lowest BCUT2D eigenvalue weighted by atomic mass is 9.89. The zero-order valence-corrected chi connectivity index (χ0v) is 10.3. The molecule has 0 bridgehead atoms. The monoisotopic (exact) mass is 250 g/mol. The number of hydrogen-bond donors (Lipinski definition) is 3. The highest BCUT2D eigenvalue weighted by molar-refractivity contribution is 5.99. The molecule has 18 heavy (non-hydrogen) atoms. The van der Waals surface area contributed by atoms with E-state index in [1.165, 1.54) is 6.20 Å². The Balaban J connectivity index is 1.89. The van der Waals surface area contributed by atoms with E-state index in [0.29, 0.717) is 11.3 Å². The molecule has 2 rings (SSSR count). The maximum absolute atomic E-state index is 12.0. The fraction of sp³-hybridized carbons (Fsp3) is 0.500. The second kappa shape index (κ2) is 5.79. The molecule has 1 saturated carbocycles. The van der Waals surface area contributed by atoms with Crippen LogP contribution in [0.3, 0.4) is 0 Å². The van der Waals surface area contributed by atoms with Gasteiger partial charge in [0.05, 0.1) is 17.4 Å². The van der Waals surface area contributed by atoms with Crippen molar-refractivity contribution >= 4 is 11.6 Å². The van der Waals surface area contributed by atoms with E-state index in [-0.39, 0.29) is 18.1 Å². The normalized spacial score (nSPS) is 22.1. The van der Waals surface area contributed by atoms with Crippen molar-refractivity contribution in [1.82, 2.24) is 10.3 Å². The quantitative estimate of drug-likeness (QED) is 0.528. The molecule has 1 amide bonds. The number of aromatic nitrogens is 1. The van der Waals surface area contributed by atoms with Gasteiger partial charge in [-0.25, -0.2) is 0 Å². The Morgan fingerprint density at radius 1 is 1.61 bits per heavy atom. The van der Waals surface area contributed by atoms with Crippen LogP contribution in [-0.4, -0.2) is 29.6 Å². The lowest BCUT2D eigenvalue weighted by Crippen LogP contribution is -2.48. The molecule has 0 atom stereocenters. The summed E-state index contributed by atoms with van der Waals surface area (Å²) < 4.78 is 5.44. The molecule has 98 valence electrons. The summed E-state index contributed by atoms with van der Waals surface area (Å²) in [5, 5.41) is 2.94. The molecule has 1 aliphatic rings. The fourth-order valence-electron chi connectivity index (χ4n) is 2.02. The molecule has 0 aromatic carbocycles. The number of amides is 1. The Morgan fingerprint density at radius 2 is 2.39 bits per heavy atom. The molecule has 6 heteroatoms. The topological polar surface area (TPSA) is 89.3 Å². The summed E-state index contributed by atoms with van der Waals surface area (Å²) in [6, 6.07) is 1.85. The fourth-order valence-corrected chi connectivity index (χ4v) is 2.02. The first-order valence-corrected chi connectivity index (χ1v) is 6.07. The average molecular weight is 250 g/mol. The Labute approximate surface area is 106 Å². The summed E-state index contributed by atoms with van der Waals surface area (Å²) >= 11 is 0. The van der Waals surface area contributed by atoms with Crippen LogP contribution in [0, 0.1) is 0 Å². The zero-order chi connectivity index (χ0) is 13.0. The lowest BCUT2D eigenvalue weighted by Gasteiger charge is -2.35. The van der Waals surface area contributed by atoms with E-state index < -0.39 is 0 Å². The van der Waals surface area contributed by atoms with Gasteiger partial charge in [0.2, 0.25) is 0 Å². The second-order valence-electron chi connectivity index (χ2n) is 4.28. The van der Waals surface area contributed by atoms with Gasteiger partial charge in [-0.1, -0.05) is 0 Å². The standard InChI is InChI=1S/C12H18N4O2/c1-2-18-9-5-8(6-9)15-12(17)10-7-14-4-3-11(10)16-13/h3-4,7-9H,2,5-6,13H2,1H3,(H,14,16)(H,15,17). The van der Waals surface area contributed by atoms with Crippen LogP contribution >= 0.6 is 0 Å². The minimum atomic E-state index is -0.156. The number of anilines is 1. The number of carbonyl (C=O) groups is 1. The molecule has 4 N–H and O–H groups in total. The molecule has 0 spiro atoms. The van der Waals surface area contributed by atoms with Crippen molar-refractivity contribution in [2.45, 2.75) is 31.9 Å². The number of hydrogen-bond acceptors (Lipinski definition) is 5. The van der Waals surface area contributed by atoms with Gasteiger partial charge in [-0.3, -0.25) is 15.6 Å². The molecule has 1 aromatic heterocycles. The van der Waals surface area contributed by atoms with Crippen LogP contribution in [0.15, 0.2) is 18.5 Å². The molecular formula is C12H18N4O2. The largest absolute Gasteiger partial charge is 0.378 e. The first-order chi connectivity index (χ1) is 8.74. The Morgan fingerprint density at radius 3 is 3.06 bits per heavy atom. The molecule has 0 saturated heterocycles. The molecule has 0 unspecified atom stereocenters. The van der Waals surface area contributed by atoms with E-state index in [1.807, 2.05) is 6.92 Å². The number of nitrogens with zero attached hydrogens (tertiary/aromatic N) is 1. The van der Waals surface area contributed by atoms with Crippen LogP contribution in [0.1, 0.15) is 30.1 Å². The maximum atomic E-state index is 12.0. The third-order valence-corrected chi connectivity index (χ3v) is 3.05. The highest BCUT2D eigenvalue weighted by atomic mass is 16.5. The molecule has 1 aliphatic carbocycles. The Bertz CT molecular complexity index is 418. The molecule has 0 aliphatic heterocycles. The van der Waals surface area contributed by atoms with Crippen LogP contribution in [-0.2, 0) is 4.74 Å². The summed E-state index contributed by atoms with van der Waals surface area (Å²) in [6.45, 7) is 2.69. The highest BCUT2D eigenvalue weighted by Gasteiger charge is 2.31. The number of rotatable bonds is 5. The van der Waals surface area contributed by atoms with E-state index >= 15 is 0 Å². The van der Waals surface area contributed by atoms with Gasteiger partial charge in [0, 0.05) is 25.0 Å². The minimum Gasteiger partial charge on any atom is -0.378 e. The summed E-state index contributed by atoms with van der Waals surface area (Å²) in [6.07, 6.45) is 5.10. The molecule has 1 heterocycles.